The van der Waals surface area contributed by atoms with Gasteiger partial charge in [0, 0.05) is 52.2 Å². The summed E-state index contributed by atoms with van der Waals surface area (Å²) in [7, 11) is 1.85. The zero-order chi connectivity index (χ0) is 16.9. The second-order valence-corrected chi connectivity index (χ2v) is 6.17. The fourth-order valence-electron chi connectivity index (χ4n) is 2.97. The van der Waals surface area contributed by atoms with Crippen LogP contribution in [0.4, 0.5) is 10.5 Å². The van der Waals surface area contributed by atoms with Crippen LogP contribution in [-0.2, 0) is 13.6 Å². The molecule has 1 N–H and O–H groups in total. The summed E-state index contributed by atoms with van der Waals surface area (Å²) >= 11 is 0. The maximum Gasteiger partial charge on any atom is 0.321 e. The summed E-state index contributed by atoms with van der Waals surface area (Å²) in [6.07, 6.45) is 4.62. The molecule has 0 aromatic carbocycles. The Hall–Kier alpha value is -2.41. The van der Waals surface area contributed by atoms with Crippen LogP contribution < -0.4 is 5.32 Å². The Kier molecular flexibility index (Phi) is 5.10. The number of carbonyl (C=O) groups excluding carboxylic acids is 1. The molecule has 1 saturated heterocycles. The number of pyridine rings is 1. The van der Waals surface area contributed by atoms with Crippen LogP contribution in [-0.4, -0.2) is 56.8 Å². The number of hydrogen-bond donors (Lipinski definition) is 1. The molecule has 0 radical (unpaired) electrons. The van der Waals surface area contributed by atoms with Crippen molar-refractivity contribution in [3.05, 3.63) is 42.0 Å². The fourth-order valence-corrected chi connectivity index (χ4v) is 2.97. The summed E-state index contributed by atoms with van der Waals surface area (Å²) in [5.41, 5.74) is 2.68. The van der Waals surface area contributed by atoms with Crippen molar-refractivity contribution in [2.24, 2.45) is 7.05 Å². The highest BCUT2D eigenvalue weighted by Crippen LogP contribution is 2.14. The Labute approximate surface area is 142 Å². The van der Waals surface area contributed by atoms with Crippen LogP contribution in [0.1, 0.15) is 17.8 Å². The molecule has 24 heavy (non-hydrogen) atoms. The summed E-state index contributed by atoms with van der Waals surface area (Å²) in [5.74, 6) is 0. The molecule has 0 atom stereocenters. The number of nitrogens with one attached hydrogen (secondary N) is 1. The van der Waals surface area contributed by atoms with E-state index >= 15 is 0 Å². The highest BCUT2D eigenvalue weighted by atomic mass is 16.2. The molecular formula is C17H24N6O. The lowest BCUT2D eigenvalue weighted by atomic mass is 10.3. The van der Waals surface area contributed by atoms with Gasteiger partial charge >= 0.3 is 6.03 Å². The Morgan fingerprint density at radius 1 is 1.25 bits per heavy atom. The van der Waals surface area contributed by atoms with Crippen LogP contribution in [0.2, 0.25) is 0 Å². The lowest BCUT2D eigenvalue weighted by Gasteiger charge is -2.22. The molecule has 0 bridgehead atoms. The summed E-state index contributed by atoms with van der Waals surface area (Å²) < 4.78 is 1.71. The van der Waals surface area contributed by atoms with Crippen LogP contribution in [0, 0.1) is 6.92 Å². The minimum absolute atomic E-state index is 0.0502. The molecule has 0 unspecified atom stereocenters. The molecule has 128 valence electrons. The molecule has 0 spiro atoms. The first-order valence-electron chi connectivity index (χ1n) is 8.30. The number of carbonyl (C=O) groups is 1. The van der Waals surface area contributed by atoms with Gasteiger partial charge < -0.3 is 10.2 Å². The zero-order valence-corrected chi connectivity index (χ0v) is 14.3. The van der Waals surface area contributed by atoms with Gasteiger partial charge in [-0.2, -0.15) is 5.10 Å². The maximum atomic E-state index is 12.5. The van der Waals surface area contributed by atoms with Crippen molar-refractivity contribution in [2.45, 2.75) is 19.9 Å². The third kappa shape index (κ3) is 4.11. The standard InChI is InChI=1S/C17H24N6O/c1-14-16(13-21(2)20-14)19-17(24)23-9-5-8-22(10-11-23)12-15-6-3-4-7-18-15/h3-4,6-7,13H,5,8-12H2,1-2H3,(H,19,24). The minimum Gasteiger partial charge on any atom is -0.323 e. The molecule has 3 heterocycles. The zero-order valence-electron chi connectivity index (χ0n) is 14.3. The SMILES string of the molecule is Cc1nn(C)cc1NC(=O)N1CCCN(Cc2ccccn2)CC1. The van der Waals surface area contributed by atoms with Crippen molar-refractivity contribution in [1.29, 1.82) is 0 Å². The largest absolute Gasteiger partial charge is 0.323 e. The highest BCUT2D eigenvalue weighted by Gasteiger charge is 2.20. The third-order valence-corrected chi connectivity index (χ3v) is 4.24. The predicted octanol–water partition coefficient (Wildman–Crippen LogP) is 1.86. The number of anilines is 1. The van der Waals surface area contributed by atoms with Gasteiger partial charge in [-0.15, -0.1) is 0 Å². The first-order chi connectivity index (χ1) is 11.6. The van der Waals surface area contributed by atoms with E-state index in [0.717, 1.165) is 56.2 Å². The molecule has 7 heteroatoms. The smallest absolute Gasteiger partial charge is 0.321 e. The summed E-state index contributed by atoms with van der Waals surface area (Å²) in [6, 6.07) is 5.93. The van der Waals surface area contributed by atoms with E-state index in [9.17, 15) is 4.79 Å². The molecule has 0 aliphatic carbocycles. The third-order valence-electron chi connectivity index (χ3n) is 4.24. The average Bonchev–Trinajstić information content (AvgIpc) is 2.76. The van der Waals surface area contributed by atoms with Crippen molar-refractivity contribution in [2.75, 3.05) is 31.5 Å². The van der Waals surface area contributed by atoms with Crippen LogP contribution in [0.5, 0.6) is 0 Å². The van der Waals surface area contributed by atoms with E-state index in [-0.39, 0.29) is 6.03 Å². The van der Waals surface area contributed by atoms with E-state index < -0.39 is 0 Å². The summed E-state index contributed by atoms with van der Waals surface area (Å²) in [6.45, 7) is 6.05. The quantitative estimate of drug-likeness (QED) is 0.934. The number of hydrogen-bond acceptors (Lipinski definition) is 4. The number of nitrogens with zero attached hydrogens (tertiary/aromatic N) is 5. The van der Waals surface area contributed by atoms with Gasteiger partial charge in [0.15, 0.2) is 0 Å². The normalized spacial score (nSPS) is 16.0. The molecule has 1 aliphatic rings. The second-order valence-electron chi connectivity index (χ2n) is 6.17. The minimum atomic E-state index is -0.0502. The number of urea groups is 1. The van der Waals surface area contributed by atoms with Crippen LogP contribution in [0.3, 0.4) is 0 Å². The summed E-state index contributed by atoms with van der Waals surface area (Å²) in [5, 5.41) is 7.22. The van der Waals surface area contributed by atoms with Gasteiger partial charge in [-0.3, -0.25) is 14.6 Å². The van der Waals surface area contributed by atoms with Gasteiger partial charge in [0.25, 0.3) is 0 Å². The molecule has 0 saturated carbocycles. The van der Waals surface area contributed by atoms with Crippen molar-refractivity contribution in [3.8, 4) is 0 Å². The van der Waals surface area contributed by atoms with Crippen molar-refractivity contribution in [3.63, 3.8) is 0 Å². The van der Waals surface area contributed by atoms with E-state index in [0.29, 0.717) is 0 Å². The lowest BCUT2D eigenvalue weighted by molar-refractivity contribution is 0.211. The Bertz CT molecular complexity index is 684. The van der Waals surface area contributed by atoms with E-state index in [4.69, 9.17) is 0 Å². The summed E-state index contributed by atoms with van der Waals surface area (Å²) in [4.78, 5) is 21.1. The van der Waals surface area contributed by atoms with Gasteiger partial charge in [-0.05, 0) is 25.5 Å². The molecule has 2 aromatic rings. The maximum absolute atomic E-state index is 12.5. The Morgan fingerprint density at radius 3 is 2.83 bits per heavy atom. The average molecular weight is 328 g/mol. The monoisotopic (exact) mass is 328 g/mol. The van der Waals surface area contributed by atoms with E-state index in [1.165, 1.54) is 0 Å². The van der Waals surface area contributed by atoms with Crippen molar-refractivity contribution in [1.82, 2.24) is 24.6 Å². The first kappa shape index (κ1) is 16.4. The molecular weight excluding hydrogens is 304 g/mol. The number of amides is 2. The molecule has 3 rings (SSSR count). The number of aromatic nitrogens is 3. The topological polar surface area (TPSA) is 66.3 Å². The van der Waals surface area contributed by atoms with E-state index in [1.54, 1.807) is 4.68 Å². The van der Waals surface area contributed by atoms with Gasteiger partial charge in [0.05, 0.1) is 17.1 Å². The number of aryl methyl sites for hydroxylation is 2. The van der Waals surface area contributed by atoms with Crippen molar-refractivity contribution >= 4 is 11.7 Å². The Morgan fingerprint density at radius 2 is 2.12 bits per heavy atom. The molecule has 7 nitrogen and oxygen atoms in total. The predicted molar refractivity (Wildman–Crippen MR) is 92.7 cm³/mol. The van der Waals surface area contributed by atoms with Crippen LogP contribution in [0.25, 0.3) is 0 Å². The highest BCUT2D eigenvalue weighted by molar-refractivity contribution is 5.89. The van der Waals surface area contributed by atoms with E-state index in [2.05, 4.69) is 20.3 Å². The van der Waals surface area contributed by atoms with Gasteiger partial charge in [-0.25, -0.2) is 4.79 Å². The lowest BCUT2D eigenvalue weighted by Crippen LogP contribution is -2.38. The fraction of sp³-hybridized carbons (Fsp3) is 0.471. The van der Waals surface area contributed by atoms with Crippen LogP contribution in [0.15, 0.2) is 30.6 Å². The molecule has 2 amide bonds. The van der Waals surface area contributed by atoms with E-state index in [1.807, 2.05) is 49.5 Å². The van der Waals surface area contributed by atoms with Gasteiger partial charge in [-0.1, -0.05) is 6.07 Å². The van der Waals surface area contributed by atoms with Gasteiger partial charge in [0.1, 0.15) is 0 Å². The molecule has 1 fully saturated rings. The number of rotatable bonds is 3. The molecule has 2 aromatic heterocycles. The van der Waals surface area contributed by atoms with Crippen molar-refractivity contribution < 1.29 is 4.79 Å². The second kappa shape index (κ2) is 7.44. The van der Waals surface area contributed by atoms with Gasteiger partial charge in [0.2, 0.25) is 0 Å². The Balaban J connectivity index is 1.55. The molecule has 1 aliphatic heterocycles. The first-order valence-corrected chi connectivity index (χ1v) is 8.30. The van der Waals surface area contributed by atoms with Crippen LogP contribution >= 0.6 is 0 Å².